The number of Topliss-reactive ketones (excluding diaryl/α,β-unsaturated/α-hetero) is 1. The number of carboxylic acid groups (broad SMARTS) is 1. The molecule has 0 atom stereocenters. The molecular formula is C23H20ClF3O5. The topological polar surface area (TPSA) is 76.7 Å². The third kappa shape index (κ3) is 5.07. The Hall–Kier alpha value is -3.00. The van der Waals surface area contributed by atoms with E-state index >= 15 is 0 Å². The first kappa shape index (κ1) is 23.7. The van der Waals surface area contributed by atoms with Gasteiger partial charge in [0.05, 0.1) is 11.0 Å². The van der Waals surface area contributed by atoms with Crippen molar-refractivity contribution in [1.29, 1.82) is 0 Å². The van der Waals surface area contributed by atoms with Crippen LogP contribution in [0, 0.1) is 5.41 Å². The number of carbonyl (C=O) groups is 2. The number of fused-ring (bicyclic) bond motifs is 1. The normalized spacial score (nSPS) is 12.2. The molecule has 1 aromatic heterocycles. The summed E-state index contributed by atoms with van der Waals surface area (Å²) in [5.74, 6) is -2.49. The molecule has 0 saturated heterocycles. The van der Waals surface area contributed by atoms with Crippen molar-refractivity contribution in [3.63, 3.8) is 0 Å². The Kier molecular flexibility index (Phi) is 6.55. The number of furan rings is 1. The molecule has 170 valence electrons. The van der Waals surface area contributed by atoms with E-state index in [2.05, 4.69) is 0 Å². The Bertz CT molecular complexity index is 1160. The van der Waals surface area contributed by atoms with Crippen molar-refractivity contribution in [2.45, 2.75) is 39.5 Å². The second-order valence-electron chi connectivity index (χ2n) is 7.95. The van der Waals surface area contributed by atoms with Crippen molar-refractivity contribution in [3.05, 3.63) is 64.6 Å². The molecule has 1 heterocycles. The molecule has 1 N–H and O–H groups in total. The molecule has 0 aliphatic rings. The number of carbonyl (C=O) groups excluding carboxylic acids is 1. The van der Waals surface area contributed by atoms with E-state index in [1.165, 1.54) is 19.9 Å². The zero-order valence-corrected chi connectivity index (χ0v) is 18.0. The molecule has 5 nitrogen and oxygen atoms in total. The van der Waals surface area contributed by atoms with Gasteiger partial charge in [0.15, 0.2) is 5.78 Å². The molecule has 3 rings (SSSR count). The molecule has 0 fully saturated rings. The molecule has 9 heteroatoms. The first-order chi connectivity index (χ1) is 14.9. The quantitative estimate of drug-likeness (QED) is 0.370. The largest absolute Gasteiger partial charge is 0.484 e. The maximum Gasteiger partial charge on any atom is 0.449 e. The minimum absolute atomic E-state index is 0.0678. The molecule has 0 bridgehead atoms. The van der Waals surface area contributed by atoms with Crippen molar-refractivity contribution in [2.75, 3.05) is 0 Å². The number of ketones is 1. The van der Waals surface area contributed by atoms with Crippen LogP contribution in [0.5, 0.6) is 5.75 Å². The van der Waals surface area contributed by atoms with Crippen molar-refractivity contribution in [1.82, 2.24) is 0 Å². The van der Waals surface area contributed by atoms with Crippen LogP contribution < -0.4 is 4.74 Å². The lowest BCUT2D eigenvalue weighted by Crippen LogP contribution is -2.24. The zero-order chi connectivity index (χ0) is 23.7. The van der Waals surface area contributed by atoms with Crippen LogP contribution in [0.25, 0.3) is 10.8 Å². The standard InChI is InChI=1S/C23H20ClF3O5/c1-22(2,21(29)30)10-9-18(28)16-11-17(24)14-5-3-4-6-15(14)20(16)31-12-13-7-8-19(32-13)23(25,26)27/h3-8,11H,9-10,12H2,1-2H3,(H,29,30). The molecular weight excluding hydrogens is 449 g/mol. The second kappa shape index (κ2) is 8.86. The molecule has 0 spiro atoms. The molecule has 0 aliphatic carbocycles. The zero-order valence-electron chi connectivity index (χ0n) is 17.3. The Labute approximate surface area is 186 Å². The number of hydrogen-bond donors (Lipinski definition) is 1. The van der Waals surface area contributed by atoms with Crippen LogP contribution in [0.3, 0.4) is 0 Å². The van der Waals surface area contributed by atoms with Crippen LogP contribution in [-0.4, -0.2) is 16.9 Å². The summed E-state index contributed by atoms with van der Waals surface area (Å²) in [5, 5.41) is 10.7. The highest BCUT2D eigenvalue weighted by Gasteiger charge is 2.35. The van der Waals surface area contributed by atoms with Gasteiger partial charge in [0.2, 0.25) is 5.76 Å². The number of rotatable bonds is 8. The molecule has 3 aromatic rings. The van der Waals surface area contributed by atoms with E-state index in [0.29, 0.717) is 15.8 Å². The van der Waals surface area contributed by atoms with Gasteiger partial charge in [0.1, 0.15) is 18.1 Å². The molecule has 0 unspecified atom stereocenters. The lowest BCUT2D eigenvalue weighted by Gasteiger charge is -2.19. The molecule has 0 radical (unpaired) electrons. The molecule has 2 aromatic carbocycles. The van der Waals surface area contributed by atoms with Crippen LogP contribution in [0.1, 0.15) is 48.6 Å². The summed E-state index contributed by atoms with van der Waals surface area (Å²) in [6.45, 7) is 2.69. The number of alkyl halides is 3. The maximum atomic E-state index is 13.0. The van der Waals surface area contributed by atoms with Crippen LogP contribution in [-0.2, 0) is 17.6 Å². The lowest BCUT2D eigenvalue weighted by molar-refractivity contribution is -0.153. The SMILES string of the molecule is CC(C)(CCC(=O)c1cc(Cl)c2ccccc2c1OCc1ccc(C(F)(F)F)o1)C(=O)O. The van der Waals surface area contributed by atoms with Gasteiger partial charge >= 0.3 is 12.1 Å². The second-order valence-corrected chi connectivity index (χ2v) is 8.35. The van der Waals surface area contributed by atoms with Crippen LogP contribution in [0.4, 0.5) is 13.2 Å². The van der Waals surface area contributed by atoms with Gasteiger partial charge in [0, 0.05) is 22.2 Å². The fourth-order valence-electron chi connectivity index (χ4n) is 3.09. The molecule has 0 amide bonds. The Morgan fingerprint density at radius 2 is 1.75 bits per heavy atom. The van der Waals surface area contributed by atoms with Gasteiger partial charge in [-0.3, -0.25) is 9.59 Å². The highest BCUT2D eigenvalue weighted by molar-refractivity contribution is 6.36. The third-order valence-electron chi connectivity index (χ3n) is 5.10. The fraction of sp³-hybridized carbons (Fsp3) is 0.304. The van der Waals surface area contributed by atoms with Gasteiger partial charge in [-0.15, -0.1) is 0 Å². The van der Waals surface area contributed by atoms with Gasteiger partial charge in [-0.25, -0.2) is 0 Å². The average Bonchev–Trinajstić information content (AvgIpc) is 3.21. The van der Waals surface area contributed by atoms with Crippen molar-refractivity contribution in [2.24, 2.45) is 5.41 Å². The third-order valence-corrected chi connectivity index (χ3v) is 5.41. The van der Waals surface area contributed by atoms with E-state index in [1.807, 2.05) is 0 Å². The minimum atomic E-state index is -4.62. The van der Waals surface area contributed by atoms with Crippen LogP contribution in [0.2, 0.25) is 5.02 Å². The number of benzene rings is 2. The number of ether oxygens (including phenoxy) is 1. The van der Waals surface area contributed by atoms with Crippen molar-refractivity contribution < 1.29 is 37.0 Å². The number of aliphatic carboxylic acids is 1. The van der Waals surface area contributed by atoms with Crippen LogP contribution in [0.15, 0.2) is 46.9 Å². The summed E-state index contributed by atoms with van der Waals surface area (Å²) in [4.78, 5) is 24.3. The summed E-state index contributed by atoms with van der Waals surface area (Å²) in [6, 6.07) is 10.2. The van der Waals surface area contributed by atoms with Crippen molar-refractivity contribution >= 4 is 34.1 Å². The summed E-state index contributed by atoms with van der Waals surface area (Å²) in [7, 11) is 0. The van der Waals surface area contributed by atoms with Gasteiger partial charge in [-0.2, -0.15) is 13.2 Å². The van der Waals surface area contributed by atoms with Gasteiger partial charge in [-0.05, 0) is 38.5 Å². The minimum Gasteiger partial charge on any atom is -0.484 e. The summed E-state index contributed by atoms with van der Waals surface area (Å²) in [5.41, 5.74) is -0.989. The van der Waals surface area contributed by atoms with E-state index in [4.69, 9.17) is 20.8 Å². The van der Waals surface area contributed by atoms with Crippen molar-refractivity contribution in [3.8, 4) is 5.75 Å². The van der Waals surface area contributed by atoms with E-state index in [-0.39, 0.29) is 36.5 Å². The summed E-state index contributed by atoms with van der Waals surface area (Å²) < 4.78 is 48.9. The Balaban J connectivity index is 1.94. The van der Waals surface area contributed by atoms with E-state index < -0.39 is 29.1 Å². The first-order valence-electron chi connectivity index (χ1n) is 9.66. The van der Waals surface area contributed by atoms with Gasteiger partial charge in [0.25, 0.3) is 0 Å². The molecule has 32 heavy (non-hydrogen) atoms. The summed E-state index contributed by atoms with van der Waals surface area (Å²) in [6.07, 6.45) is -4.62. The predicted octanol–water partition coefficient (Wildman–Crippen LogP) is 6.76. The molecule has 0 saturated carbocycles. The van der Waals surface area contributed by atoms with Gasteiger partial charge < -0.3 is 14.3 Å². The first-order valence-corrected chi connectivity index (χ1v) is 10.0. The number of carboxylic acids is 1. The molecule has 0 aliphatic heterocycles. The van der Waals surface area contributed by atoms with E-state index in [9.17, 15) is 27.9 Å². The van der Waals surface area contributed by atoms with Crippen LogP contribution >= 0.6 is 11.6 Å². The smallest absolute Gasteiger partial charge is 0.449 e. The highest BCUT2D eigenvalue weighted by Crippen LogP contribution is 2.38. The maximum absolute atomic E-state index is 13.0. The van der Waals surface area contributed by atoms with Gasteiger partial charge in [-0.1, -0.05) is 35.9 Å². The average molecular weight is 469 g/mol. The number of hydrogen-bond acceptors (Lipinski definition) is 4. The predicted molar refractivity (Wildman–Crippen MR) is 112 cm³/mol. The highest BCUT2D eigenvalue weighted by atomic mass is 35.5. The number of halogens is 4. The Morgan fingerprint density at radius 1 is 1.09 bits per heavy atom. The fourth-order valence-corrected chi connectivity index (χ4v) is 3.36. The summed E-state index contributed by atoms with van der Waals surface area (Å²) >= 11 is 6.34. The Morgan fingerprint density at radius 3 is 2.34 bits per heavy atom. The lowest BCUT2D eigenvalue weighted by atomic mass is 9.86. The van der Waals surface area contributed by atoms with E-state index in [1.54, 1.807) is 24.3 Å². The van der Waals surface area contributed by atoms with E-state index in [0.717, 1.165) is 12.1 Å². The monoisotopic (exact) mass is 468 g/mol.